The Morgan fingerprint density at radius 1 is 1.17 bits per heavy atom. The summed E-state index contributed by atoms with van der Waals surface area (Å²) in [4.78, 5) is 12.5. The van der Waals surface area contributed by atoms with Crippen LogP contribution >= 0.6 is 0 Å². The second kappa shape index (κ2) is 5.85. The maximum absolute atomic E-state index is 12.5. The summed E-state index contributed by atoms with van der Waals surface area (Å²) < 4.78 is 7.05. The summed E-state index contributed by atoms with van der Waals surface area (Å²) in [6.07, 6.45) is 0. The lowest BCUT2D eigenvalue weighted by Crippen LogP contribution is -2.15. The highest BCUT2D eigenvalue weighted by Gasteiger charge is 2.14. The largest absolute Gasteiger partial charge is 0.497 e. The van der Waals surface area contributed by atoms with Crippen LogP contribution in [0.5, 0.6) is 5.75 Å². The number of hydrogen-bond donors (Lipinski definition) is 1. The number of nitriles is 1. The maximum atomic E-state index is 12.5. The lowest BCUT2D eigenvalue weighted by molar-refractivity contribution is 0.101. The molecule has 0 saturated carbocycles. The zero-order valence-electron chi connectivity index (χ0n) is 12.8. The summed E-state index contributed by atoms with van der Waals surface area (Å²) >= 11 is 0. The van der Waals surface area contributed by atoms with Gasteiger partial charge in [-0.1, -0.05) is 0 Å². The van der Waals surface area contributed by atoms with Crippen LogP contribution in [0.15, 0.2) is 48.5 Å². The lowest BCUT2D eigenvalue weighted by atomic mass is 10.2. The molecule has 1 N–H and O–H groups in total. The van der Waals surface area contributed by atoms with Crippen molar-refractivity contribution >= 4 is 22.5 Å². The summed E-state index contributed by atoms with van der Waals surface area (Å²) in [6.45, 7) is 0. The van der Waals surface area contributed by atoms with E-state index in [2.05, 4.69) is 5.32 Å². The normalized spacial score (nSPS) is 10.3. The summed E-state index contributed by atoms with van der Waals surface area (Å²) in [5, 5.41) is 12.6. The number of anilines is 1. The minimum Gasteiger partial charge on any atom is -0.497 e. The van der Waals surface area contributed by atoms with E-state index >= 15 is 0 Å². The first-order valence-corrected chi connectivity index (χ1v) is 7.07. The number of ether oxygens (including phenoxy) is 1. The van der Waals surface area contributed by atoms with Crippen molar-refractivity contribution < 1.29 is 9.53 Å². The predicted octanol–water partition coefficient (Wildman–Crippen LogP) is 3.31. The molecule has 3 aromatic rings. The highest BCUT2D eigenvalue weighted by molar-refractivity contribution is 6.06. The molecule has 0 fully saturated rings. The molecule has 2 aromatic carbocycles. The molecular weight excluding hydrogens is 290 g/mol. The van der Waals surface area contributed by atoms with E-state index in [0.29, 0.717) is 16.9 Å². The van der Waals surface area contributed by atoms with Gasteiger partial charge < -0.3 is 14.6 Å². The van der Waals surface area contributed by atoms with Gasteiger partial charge in [-0.25, -0.2) is 0 Å². The summed E-state index contributed by atoms with van der Waals surface area (Å²) in [6, 6.07) is 16.3. The number of hydrogen-bond acceptors (Lipinski definition) is 3. The molecule has 5 heteroatoms. The number of methoxy groups -OCH3 is 1. The Hall–Kier alpha value is -3.26. The van der Waals surface area contributed by atoms with Gasteiger partial charge in [-0.2, -0.15) is 5.26 Å². The van der Waals surface area contributed by atoms with Gasteiger partial charge in [-0.15, -0.1) is 0 Å². The van der Waals surface area contributed by atoms with Gasteiger partial charge >= 0.3 is 0 Å². The van der Waals surface area contributed by atoms with Crippen LogP contribution in [0.1, 0.15) is 16.1 Å². The first-order valence-electron chi connectivity index (χ1n) is 7.07. The van der Waals surface area contributed by atoms with E-state index in [1.54, 1.807) is 31.4 Å². The Balaban J connectivity index is 1.91. The van der Waals surface area contributed by atoms with E-state index in [1.807, 2.05) is 41.9 Å². The SMILES string of the molecule is COc1ccc2cc(C(=O)Nc3ccc(C#N)cc3)n(C)c2c1. The van der Waals surface area contributed by atoms with Crippen LogP contribution in [-0.4, -0.2) is 17.6 Å². The molecule has 114 valence electrons. The maximum Gasteiger partial charge on any atom is 0.272 e. The number of amides is 1. The lowest BCUT2D eigenvalue weighted by Gasteiger charge is -2.07. The van der Waals surface area contributed by atoms with E-state index in [1.165, 1.54) is 0 Å². The first kappa shape index (κ1) is 14.7. The topological polar surface area (TPSA) is 67.0 Å². The smallest absolute Gasteiger partial charge is 0.272 e. The summed E-state index contributed by atoms with van der Waals surface area (Å²) in [7, 11) is 3.46. The number of carbonyl (C=O) groups is 1. The molecule has 0 radical (unpaired) electrons. The van der Waals surface area contributed by atoms with Crippen LogP contribution in [0, 0.1) is 11.3 Å². The van der Waals surface area contributed by atoms with Gasteiger partial charge in [0.15, 0.2) is 0 Å². The fourth-order valence-corrected chi connectivity index (χ4v) is 2.48. The Morgan fingerprint density at radius 3 is 2.57 bits per heavy atom. The third kappa shape index (κ3) is 2.74. The van der Waals surface area contributed by atoms with Crippen molar-refractivity contribution in [3.63, 3.8) is 0 Å². The van der Waals surface area contributed by atoms with Crippen molar-refractivity contribution in [2.24, 2.45) is 7.05 Å². The van der Waals surface area contributed by atoms with Crippen molar-refractivity contribution in [1.29, 1.82) is 5.26 Å². The molecule has 0 atom stereocenters. The van der Waals surface area contributed by atoms with Crippen molar-refractivity contribution in [3.05, 3.63) is 59.8 Å². The van der Waals surface area contributed by atoms with E-state index in [0.717, 1.165) is 16.7 Å². The van der Waals surface area contributed by atoms with Crippen molar-refractivity contribution in [2.45, 2.75) is 0 Å². The van der Waals surface area contributed by atoms with Crippen LogP contribution in [0.2, 0.25) is 0 Å². The van der Waals surface area contributed by atoms with E-state index in [-0.39, 0.29) is 5.91 Å². The molecule has 1 amide bonds. The van der Waals surface area contributed by atoms with Gasteiger partial charge in [-0.3, -0.25) is 4.79 Å². The minimum atomic E-state index is -0.202. The molecule has 0 unspecified atom stereocenters. The average molecular weight is 305 g/mol. The Labute approximate surface area is 133 Å². The highest BCUT2D eigenvalue weighted by Crippen LogP contribution is 2.24. The van der Waals surface area contributed by atoms with Gasteiger partial charge in [0.1, 0.15) is 11.4 Å². The fraction of sp³-hybridized carbons (Fsp3) is 0.111. The zero-order chi connectivity index (χ0) is 16.4. The Morgan fingerprint density at radius 2 is 1.91 bits per heavy atom. The monoisotopic (exact) mass is 305 g/mol. The van der Waals surface area contributed by atoms with E-state index in [9.17, 15) is 4.79 Å². The number of aryl methyl sites for hydroxylation is 1. The molecule has 0 spiro atoms. The van der Waals surface area contributed by atoms with Crippen molar-refractivity contribution in [3.8, 4) is 11.8 Å². The van der Waals surface area contributed by atoms with Gasteiger partial charge in [0.2, 0.25) is 0 Å². The standard InChI is InChI=1S/C18H15N3O2/c1-21-16-10-15(23-2)8-5-13(16)9-17(21)18(22)20-14-6-3-12(11-19)4-7-14/h3-10H,1-2H3,(H,20,22). The number of fused-ring (bicyclic) bond motifs is 1. The fourth-order valence-electron chi connectivity index (χ4n) is 2.48. The predicted molar refractivity (Wildman–Crippen MR) is 88.6 cm³/mol. The molecule has 23 heavy (non-hydrogen) atoms. The molecule has 0 aliphatic rings. The Bertz CT molecular complexity index is 918. The first-order chi connectivity index (χ1) is 11.1. The number of rotatable bonds is 3. The molecule has 0 bridgehead atoms. The van der Waals surface area contributed by atoms with Crippen LogP contribution < -0.4 is 10.1 Å². The molecule has 1 heterocycles. The number of aromatic nitrogens is 1. The van der Waals surface area contributed by atoms with Gasteiger partial charge in [-0.05, 0) is 42.5 Å². The molecular formula is C18H15N3O2. The van der Waals surface area contributed by atoms with Gasteiger partial charge in [0.25, 0.3) is 5.91 Å². The summed E-state index contributed by atoms with van der Waals surface area (Å²) in [5.41, 5.74) is 2.68. The summed E-state index contributed by atoms with van der Waals surface area (Å²) in [5.74, 6) is 0.546. The van der Waals surface area contributed by atoms with Gasteiger partial charge in [0, 0.05) is 24.2 Å². The van der Waals surface area contributed by atoms with E-state index in [4.69, 9.17) is 10.00 Å². The number of carbonyl (C=O) groups excluding carboxylic acids is 1. The third-order valence-electron chi connectivity index (χ3n) is 3.76. The zero-order valence-corrected chi connectivity index (χ0v) is 12.8. The second-order valence-electron chi connectivity index (χ2n) is 5.16. The number of nitrogens with zero attached hydrogens (tertiary/aromatic N) is 2. The average Bonchev–Trinajstić information content (AvgIpc) is 2.92. The highest BCUT2D eigenvalue weighted by atomic mass is 16.5. The minimum absolute atomic E-state index is 0.202. The van der Waals surface area contributed by atoms with Crippen molar-refractivity contribution in [1.82, 2.24) is 4.57 Å². The van der Waals surface area contributed by atoms with Crippen LogP contribution in [0.4, 0.5) is 5.69 Å². The molecule has 0 aliphatic carbocycles. The second-order valence-corrected chi connectivity index (χ2v) is 5.16. The molecule has 1 aromatic heterocycles. The molecule has 0 aliphatic heterocycles. The third-order valence-corrected chi connectivity index (χ3v) is 3.76. The van der Waals surface area contributed by atoms with Gasteiger partial charge in [0.05, 0.1) is 24.3 Å². The Kier molecular flexibility index (Phi) is 3.73. The number of nitrogens with one attached hydrogen (secondary N) is 1. The van der Waals surface area contributed by atoms with Crippen molar-refractivity contribution in [2.75, 3.05) is 12.4 Å². The molecule has 3 rings (SSSR count). The van der Waals surface area contributed by atoms with Crippen LogP contribution in [0.3, 0.4) is 0 Å². The van der Waals surface area contributed by atoms with Crippen LogP contribution in [0.25, 0.3) is 10.9 Å². The number of benzene rings is 2. The van der Waals surface area contributed by atoms with E-state index < -0.39 is 0 Å². The molecule has 5 nitrogen and oxygen atoms in total. The molecule has 0 saturated heterocycles. The van der Waals surface area contributed by atoms with Crippen LogP contribution in [-0.2, 0) is 7.05 Å². The quantitative estimate of drug-likeness (QED) is 0.807.